The van der Waals surface area contributed by atoms with Crippen LogP contribution in [0.15, 0.2) is 60.8 Å². The molecule has 11 nitrogen and oxygen atoms in total. The number of hydrogen-bond donors (Lipinski definition) is 3. The number of rotatable bonds is 39. The Morgan fingerprint density at radius 3 is 1.70 bits per heavy atom. The lowest BCUT2D eigenvalue weighted by atomic mass is 10.1. The molecule has 0 aromatic carbocycles. The molecule has 0 aromatic rings. The first-order valence-corrected chi connectivity index (χ1v) is 22.7. The second-order valence-electron chi connectivity index (χ2n) is 14.0. The Morgan fingerprint density at radius 2 is 1.09 bits per heavy atom. The third kappa shape index (κ3) is 38.2. The highest BCUT2D eigenvalue weighted by molar-refractivity contribution is 7.47. The van der Waals surface area contributed by atoms with Crippen molar-refractivity contribution in [3.8, 4) is 0 Å². The van der Waals surface area contributed by atoms with E-state index in [2.05, 4.69) is 60.9 Å². The van der Waals surface area contributed by atoms with E-state index in [1.165, 1.54) is 32.1 Å². The molecular weight excluding hydrogens is 735 g/mol. The zero-order valence-corrected chi connectivity index (χ0v) is 35.5. The van der Waals surface area contributed by atoms with Gasteiger partial charge in [-0.05, 0) is 76.7 Å². The fourth-order valence-electron chi connectivity index (χ4n) is 5.27. The maximum atomic E-state index is 12.6. The normalized spacial score (nSPS) is 14.4. The van der Waals surface area contributed by atoms with E-state index < -0.39 is 51.8 Å². The second-order valence-corrected chi connectivity index (χ2v) is 15.5. The van der Waals surface area contributed by atoms with Crippen LogP contribution in [0.2, 0.25) is 0 Å². The molecule has 0 bridgehead atoms. The third-order valence-corrected chi connectivity index (χ3v) is 9.57. The number of allylic oxidation sites excluding steroid dienone is 10. The first kappa shape index (κ1) is 53.3. The van der Waals surface area contributed by atoms with E-state index in [1.807, 2.05) is 6.08 Å². The summed E-state index contributed by atoms with van der Waals surface area (Å²) >= 11 is 0. The van der Waals surface area contributed by atoms with Crippen LogP contribution in [0.3, 0.4) is 0 Å². The molecule has 0 radical (unpaired) electrons. The van der Waals surface area contributed by atoms with E-state index in [-0.39, 0.29) is 25.2 Å². The van der Waals surface area contributed by atoms with E-state index in [4.69, 9.17) is 19.1 Å². The fourth-order valence-corrected chi connectivity index (χ4v) is 6.06. The summed E-state index contributed by atoms with van der Waals surface area (Å²) in [7, 11) is -4.66. The van der Waals surface area contributed by atoms with Gasteiger partial charge in [-0.15, -0.1) is 0 Å². The summed E-state index contributed by atoms with van der Waals surface area (Å²) < 4.78 is 32.6. The van der Waals surface area contributed by atoms with E-state index in [0.29, 0.717) is 19.3 Å². The average Bonchev–Trinajstić information content (AvgIpc) is 3.18. The highest BCUT2D eigenvalue weighted by atomic mass is 31.2. The van der Waals surface area contributed by atoms with Crippen molar-refractivity contribution in [2.24, 2.45) is 0 Å². The minimum Gasteiger partial charge on any atom is -0.462 e. The van der Waals surface area contributed by atoms with E-state index in [0.717, 1.165) is 83.5 Å². The molecule has 1 unspecified atom stereocenters. The Morgan fingerprint density at radius 1 is 0.589 bits per heavy atom. The molecule has 3 atom stereocenters. The van der Waals surface area contributed by atoms with Crippen LogP contribution in [0, 0.1) is 0 Å². The lowest BCUT2D eigenvalue weighted by Crippen LogP contribution is -2.29. The molecule has 322 valence electrons. The molecular formula is C44H75O11P. The summed E-state index contributed by atoms with van der Waals surface area (Å²) in [4.78, 5) is 47.0. The molecule has 0 rings (SSSR count). The second kappa shape index (κ2) is 39.2. The highest BCUT2D eigenvalue weighted by Crippen LogP contribution is 2.43. The van der Waals surface area contributed by atoms with E-state index in [9.17, 15) is 28.9 Å². The quantitative estimate of drug-likeness (QED) is 0.0135. The number of ether oxygens (including phenoxy) is 2. The maximum absolute atomic E-state index is 12.6. The molecule has 0 amide bonds. The van der Waals surface area contributed by atoms with Crippen molar-refractivity contribution >= 4 is 25.5 Å². The van der Waals surface area contributed by atoms with E-state index in [1.54, 1.807) is 12.2 Å². The monoisotopic (exact) mass is 811 g/mol. The fraction of sp³-hybridized carbons (Fsp3) is 0.705. The molecule has 0 aliphatic heterocycles. The molecule has 0 saturated carbocycles. The summed E-state index contributed by atoms with van der Waals surface area (Å²) in [5, 5.41) is 18.3. The SMILES string of the molecule is CCCCC/C=C\C=C\C(=O)CCCCCCCC(=O)O[C@H](COC(=O)CCCCCC/C=C\C/C=C\C/C=C\CCCCC)COP(=O)(O)OC[C@@H](O)CO. The third-order valence-electron chi connectivity index (χ3n) is 8.62. The predicted octanol–water partition coefficient (Wildman–Crippen LogP) is 10.3. The van der Waals surface area contributed by atoms with Crippen LogP contribution in [-0.2, 0) is 37.5 Å². The van der Waals surface area contributed by atoms with Gasteiger partial charge in [0, 0.05) is 19.3 Å². The molecule has 56 heavy (non-hydrogen) atoms. The van der Waals surface area contributed by atoms with Gasteiger partial charge in [0.25, 0.3) is 0 Å². The van der Waals surface area contributed by atoms with Gasteiger partial charge >= 0.3 is 19.8 Å². The lowest BCUT2D eigenvalue weighted by Gasteiger charge is -2.20. The van der Waals surface area contributed by atoms with Gasteiger partial charge in [-0.25, -0.2) is 4.57 Å². The molecule has 0 aliphatic rings. The van der Waals surface area contributed by atoms with Gasteiger partial charge in [0.2, 0.25) is 0 Å². The van der Waals surface area contributed by atoms with Crippen LogP contribution in [0.4, 0.5) is 0 Å². The van der Waals surface area contributed by atoms with Crippen LogP contribution in [-0.4, -0.2) is 71.5 Å². The van der Waals surface area contributed by atoms with Crippen molar-refractivity contribution in [2.75, 3.05) is 26.4 Å². The topological polar surface area (TPSA) is 166 Å². The summed E-state index contributed by atoms with van der Waals surface area (Å²) in [6, 6.07) is 0. The van der Waals surface area contributed by atoms with Gasteiger partial charge in [-0.2, -0.15) is 0 Å². The van der Waals surface area contributed by atoms with Gasteiger partial charge in [-0.1, -0.05) is 126 Å². The van der Waals surface area contributed by atoms with Crippen molar-refractivity contribution in [2.45, 2.75) is 174 Å². The number of unbranched alkanes of at least 4 members (excludes halogenated alkanes) is 14. The molecule has 0 spiro atoms. The lowest BCUT2D eigenvalue weighted by molar-refractivity contribution is -0.161. The number of aliphatic hydroxyl groups excluding tert-OH is 2. The largest absolute Gasteiger partial charge is 0.472 e. The standard InChI is InChI=1S/C44H75O11P/c1-3-5-7-9-11-12-13-14-15-16-17-18-19-20-22-26-30-34-43(48)52-38-42(39-54-56(50,51)53-37-41(47)36-45)55-44(49)35-31-27-23-25-29-33-40(46)32-28-24-21-10-8-6-4-2/h11-12,14-15,17-18,21,24,28,32,41-42,45,47H,3-10,13,16,19-20,22-23,25-27,29-31,33-39H2,1-2H3,(H,50,51)/b12-11-,15-14-,18-17-,24-21-,32-28+/t41-,42+/m0/s1. The van der Waals surface area contributed by atoms with Crippen LogP contribution in [0.25, 0.3) is 0 Å². The molecule has 0 aromatic heterocycles. The summed E-state index contributed by atoms with van der Waals surface area (Å²) in [5.41, 5.74) is 0. The van der Waals surface area contributed by atoms with Crippen molar-refractivity contribution < 1.29 is 52.6 Å². The molecule has 0 fully saturated rings. The van der Waals surface area contributed by atoms with Gasteiger partial charge in [-0.3, -0.25) is 23.4 Å². The zero-order valence-electron chi connectivity index (χ0n) is 34.6. The maximum Gasteiger partial charge on any atom is 0.472 e. The average molecular weight is 811 g/mol. The van der Waals surface area contributed by atoms with Crippen molar-refractivity contribution in [3.05, 3.63) is 60.8 Å². The first-order valence-electron chi connectivity index (χ1n) is 21.2. The number of carbonyl (C=O) groups is 3. The number of aliphatic hydroxyl groups is 2. The summed E-state index contributed by atoms with van der Waals surface area (Å²) in [6.07, 6.45) is 38.6. The Kier molecular flexibility index (Phi) is 37.3. The Labute approximate surface area is 338 Å². The Balaban J connectivity index is 4.45. The predicted molar refractivity (Wildman–Crippen MR) is 224 cm³/mol. The van der Waals surface area contributed by atoms with Crippen molar-refractivity contribution in [1.29, 1.82) is 0 Å². The summed E-state index contributed by atoms with van der Waals surface area (Å²) in [5.74, 6) is -0.953. The van der Waals surface area contributed by atoms with Crippen molar-refractivity contribution in [3.63, 3.8) is 0 Å². The number of phosphoric acid groups is 1. The Bertz CT molecular complexity index is 1180. The minimum absolute atomic E-state index is 0.0927. The number of carbonyl (C=O) groups excluding carboxylic acids is 3. The van der Waals surface area contributed by atoms with E-state index >= 15 is 0 Å². The van der Waals surface area contributed by atoms with Crippen molar-refractivity contribution in [1.82, 2.24) is 0 Å². The zero-order chi connectivity index (χ0) is 41.4. The smallest absolute Gasteiger partial charge is 0.462 e. The first-order chi connectivity index (χ1) is 27.1. The summed E-state index contributed by atoms with van der Waals surface area (Å²) in [6.45, 7) is 2.12. The van der Waals surface area contributed by atoms with Crippen LogP contribution in [0.5, 0.6) is 0 Å². The van der Waals surface area contributed by atoms with Crippen LogP contribution in [0.1, 0.15) is 162 Å². The number of hydrogen-bond acceptors (Lipinski definition) is 10. The molecule has 0 saturated heterocycles. The van der Waals surface area contributed by atoms with Gasteiger partial charge in [0.15, 0.2) is 11.9 Å². The molecule has 3 N–H and O–H groups in total. The molecule has 0 aliphatic carbocycles. The highest BCUT2D eigenvalue weighted by Gasteiger charge is 2.27. The number of phosphoric ester groups is 1. The Hall–Kier alpha value is -2.66. The van der Waals surface area contributed by atoms with Gasteiger partial charge < -0.3 is 24.6 Å². The number of esters is 2. The number of ketones is 1. The van der Waals surface area contributed by atoms with Gasteiger partial charge in [0.05, 0.1) is 19.8 Å². The molecule has 0 heterocycles. The van der Waals surface area contributed by atoms with Crippen LogP contribution >= 0.6 is 7.82 Å². The minimum atomic E-state index is -4.66. The van der Waals surface area contributed by atoms with Crippen LogP contribution < -0.4 is 0 Å². The molecule has 12 heteroatoms. The van der Waals surface area contributed by atoms with Gasteiger partial charge in [0.1, 0.15) is 12.7 Å².